The standard InChI is InChI=1S/C32H40N6O2/c1-36(18-19-37-16-12-33-13-17-37)23-25-6-5-7-27(20-25)32(40)35-30-9-8-28(38-14-3-2-4-15-38)22-29(30)31-21-26(24-39)10-11-34-31/h5-11,20-22,24,33H,2-4,12-19,23H2,1H3,(H,35,40). The number of amides is 1. The normalized spacial score (nSPS) is 16.2. The molecule has 210 valence electrons. The first-order chi connectivity index (χ1) is 19.6. The molecule has 2 N–H and O–H groups in total. The molecule has 2 aromatic carbocycles. The van der Waals surface area contributed by atoms with Crippen LogP contribution in [-0.4, -0.2) is 86.4 Å². The van der Waals surface area contributed by atoms with Gasteiger partial charge in [-0.15, -0.1) is 0 Å². The van der Waals surface area contributed by atoms with Crippen molar-refractivity contribution >= 4 is 23.6 Å². The van der Waals surface area contributed by atoms with E-state index in [-0.39, 0.29) is 5.91 Å². The minimum absolute atomic E-state index is 0.163. The van der Waals surface area contributed by atoms with Gasteiger partial charge in [-0.25, -0.2) is 0 Å². The van der Waals surface area contributed by atoms with Crippen LogP contribution in [0.1, 0.15) is 45.5 Å². The van der Waals surface area contributed by atoms with E-state index in [1.807, 2.05) is 24.3 Å². The van der Waals surface area contributed by atoms with E-state index in [1.165, 1.54) is 19.3 Å². The van der Waals surface area contributed by atoms with Gasteiger partial charge >= 0.3 is 0 Å². The van der Waals surface area contributed by atoms with Gasteiger partial charge in [0, 0.05) is 87.5 Å². The molecule has 2 saturated heterocycles. The van der Waals surface area contributed by atoms with E-state index in [4.69, 9.17) is 0 Å². The van der Waals surface area contributed by atoms with E-state index in [1.54, 1.807) is 18.3 Å². The Morgan fingerprint density at radius 1 is 1.02 bits per heavy atom. The topological polar surface area (TPSA) is 80.8 Å². The van der Waals surface area contributed by atoms with Crippen LogP contribution >= 0.6 is 0 Å². The number of anilines is 2. The molecule has 1 amide bonds. The van der Waals surface area contributed by atoms with Crippen LogP contribution in [0, 0.1) is 0 Å². The third-order valence-electron chi connectivity index (χ3n) is 7.82. The monoisotopic (exact) mass is 540 g/mol. The highest BCUT2D eigenvalue weighted by atomic mass is 16.1. The fraction of sp³-hybridized carbons (Fsp3) is 0.406. The number of piperazine rings is 1. The van der Waals surface area contributed by atoms with Crippen LogP contribution < -0.4 is 15.5 Å². The molecular weight excluding hydrogens is 500 g/mol. The van der Waals surface area contributed by atoms with Crippen LogP contribution in [-0.2, 0) is 6.54 Å². The fourth-order valence-electron chi connectivity index (χ4n) is 5.51. The summed E-state index contributed by atoms with van der Waals surface area (Å²) in [7, 11) is 2.13. The largest absolute Gasteiger partial charge is 0.372 e. The highest BCUT2D eigenvalue weighted by Gasteiger charge is 2.17. The molecule has 0 unspecified atom stereocenters. The van der Waals surface area contributed by atoms with Crippen LogP contribution in [0.25, 0.3) is 11.3 Å². The molecule has 0 atom stereocenters. The smallest absolute Gasteiger partial charge is 0.255 e. The summed E-state index contributed by atoms with van der Waals surface area (Å²) >= 11 is 0. The SMILES string of the molecule is CN(CCN1CCNCC1)Cc1cccc(C(=O)Nc2ccc(N3CCCCC3)cc2-c2cc(C=O)ccn2)c1. The van der Waals surface area contributed by atoms with Crippen molar-refractivity contribution in [2.24, 2.45) is 0 Å². The number of piperidine rings is 1. The van der Waals surface area contributed by atoms with Gasteiger partial charge in [0.05, 0.1) is 11.4 Å². The first-order valence-electron chi connectivity index (χ1n) is 14.4. The van der Waals surface area contributed by atoms with Gasteiger partial charge in [0.2, 0.25) is 0 Å². The Bertz CT molecular complexity index is 1300. The average molecular weight is 541 g/mol. The Hall–Kier alpha value is -3.59. The van der Waals surface area contributed by atoms with Crippen LogP contribution in [0.4, 0.5) is 11.4 Å². The number of aromatic nitrogens is 1. The Kier molecular flexibility index (Phi) is 9.54. The second-order valence-electron chi connectivity index (χ2n) is 10.9. The minimum Gasteiger partial charge on any atom is -0.372 e. The third kappa shape index (κ3) is 7.33. The van der Waals surface area contributed by atoms with Crippen LogP contribution in [0.15, 0.2) is 60.8 Å². The van der Waals surface area contributed by atoms with E-state index in [2.05, 4.69) is 55.6 Å². The molecule has 0 spiro atoms. The zero-order valence-electron chi connectivity index (χ0n) is 23.4. The molecule has 2 aliphatic rings. The summed E-state index contributed by atoms with van der Waals surface area (Å²) in [4.78, 5) is 36.6. The lowest BCUT2D eigenvalue weighted by Crippen LogP contribution is -2.45. The van der Waals surface area contributed by atoms with Crippen molar-refractivity contribution in [2.75, 3.05) is 69.6 Å². The van der Waals surface area contributed by atoms with Crippen molar-refractivity contribution < 1.29 is 9.59 Å². The van der Waals surface area contributed by atoms with Gasteiger partial charge in [-0.2, -0.15) is 0 Å². The highest BCUT2D eigenvalue weighted by Crippen LogP contribution is 2.33. The van der Waals surface area contributed by atoms with Crippen molar-refractivity contribution in [3.05, 3.63) is 77.5 Å². The molecule has 0 radical (unpaired) electrons. The molecule has 0 aliphatic carbocycles. The van der Waals surface area contributed by atoms with Gasteiger partial charge < -0.3 is 20.4 Å². The van der Waals surface area contributed by atoms with Crippen LogP contribution in [0.3, 0.4) is 0 Å². The van der Waals surface area contributed by atoms with E-state index < -0.39 is 0 Å². The summed E-state index contributed by atoms with van der Waals surface area (Å²) in [5.41, 5.74) is 5.55. The number of carbonyl (C=O) groups is 2. The number of nitrogens with one attached hydrogen (secondary N) is 2. The molecule has 3 aromatic rings. The fourth-order valence-corrected chi connectivity index (χ4v) is 5.51. The van der Waals surface area contributed by atoms with Crippen molar-refractivity contribution in [1.82, 2.24) is 20.1 Å². The quantitative estimate of drug-likeness (QED) is 0.374. The molecule has 8 nitrogen and oxygen atoms in total. The molecule has 8 heteroatoms. The lowest BCUT2D eigenvalue weighted by Gasteiger charge is -2.29. The van der Waals surface area contributed by atoms with Gasteiger partial charge in [0.15, 0.2) is 0 Å². The van der Waals surface area contributed by atoms with E-state index in [0.29, 0.717) is 22.5 Å². The molecule has 2 aliphatic heterocycles. The molecule has 3 heterocycles. The average Bonchev–Trinajstić information content (AvgIpc) is 3.01. The Morgan fingerprint density at radius 2 is 1.85 bits per heavy atom. The molecule has 5 rings (SSSR count). The van der Waals surface area contributed by atoms with Gasteiger partial charge in [-0.05, 0) is 74.3 Å². The van der Waals surface area contributed by atoms with Gasteiger partial charge in [0.25, 0.3) is 5.91 Å². The summed E-state index contributed by atoms with van der Waals surface area (Å²) < 4.78 is 0. The number of likely N-dealkylation sites (N-methyl/N-ethyl adjacent to an activating group) is 1. The Balaban J connectivity index is 1.31. The summed E-state index contributed by atoms with van der Waals surface area (Å²) in [6, 6.07) is 17.4. The zero-order valence-corrected chi connectivity index (χ0v) is 23.4. The van der Waals surface area contributed by atoms with Crippen molar-refractivity contribution in [3.63, 3.8) is 0 Å². The molecule has 2 fully saturated rings. The van der Waals surface area contributed by atoms with E-state index in [9.17, 15) is 9.59 Å². The van der Waals surface area contributed by atoms with Gasteiger partial charge in [-0.3, -0.25) is 19.5 Å². The first-order valence-corrected chi connectivity index (χ1v) is 14.4. The van der Waals surface area contributed by atoms with Gasteiger partial charge in [0.1, 0.15) is 6.29 Å². The summed E-state index contributed by atoms with van der Waals surface area (Å²) in [5.74, 6) is -0.163. The maximum atomic E-state index is 13.5. The number of hydrogen-bond acceptors (Lipinski definition) is 7. The predicted molar refractivity (Wildman–Crippen MR) is 161 cm³/mol. The van der Waals surface area contributed by atoms with E-state index >= 15 is 0 Å². The second kappa shape index (κ2) is 13.7. The molecule has 40 heavy (non-hydrogen) atoms. The Morgan fingerprint density at radius 3 is 2.65 bits per heavy atom. The summed E-state index contributed by atoms with van der Waals surface area (Å²) in [5, 5.41) is 6.53. The maximum absolute atomic E-state index is 13.5. The highest BCUT2D eigenvalue weighted by molar-refractivity contribution is 6.06. The number of nitrogens with zero attached hydrogens (tertiary/aromatic N) is 4. The van der Waals surface area contributed by atoms with Crippen LogP contribution in [0.2, 0.25) is 0 Å². The Labute approximate surface area is 237 Å². The van der Waals surface area contributed by atoms with Crippen molar-refractivity contribution in [2.45, 2.75) is 25.8 Å². The van der Waals surface area contributed by atoms with E-state index in [0.717, 1.165) is 82.0 Å². The van der Waals surface area contributed by atoms with Crippen molar-refractivity contribution in [3.8, 4) is 11.3 Å². The number of pyridine rings is 1. The van der Waals surface area contributed by atoms with Gasteiger partial charge in [-0.1, -0.05) is 12.1 Å². The lowest BCUT2D eigenvalue weighted by molar-refractivity contribution is 0.102. The summed E-state index contributed by atoms with van der Waals surface area (Å²) in [6.07, 6.45) is 6.07. The predicted octanol–water partition coefficient (Wildman–Crippen LogP) is 4.14. The second-order valence-corrected chi connectivity index (χ2v) is 10.9. The molecule has 1 aromatic heterocycles. The zero-order chi connectivity index (χ0) is 27.7. The molecule has 0 saturated carbocycles. The number of hydrogen-bond donors (Lipinski definition) is 2. The number of rotatable bonds is 10. The number of carbonyl (C=O) groups excluding carboxylic acids is 2. The molecular formula is C32H40N6O2. The molecule has 0 bridgehead atoms. The first kappa shape index (κ1) is 28.0. The van der Waals surface area contributed by atoms with Crippen LogP contribution in [0.5, 0.6) is 0 Å². The summed E-state index contributed by atoms with van der Waals surface area (Å²) in [6.45, 7) is 9.16. The third-order valence-corrected chi connectivity index (χ3v) is 7.82. The maximum Gasteiger partial charge on any atom is 0.255 e. The number of aldehydes is 1. The minimum atomic E-state index is -0.163. The van der Waals surface area contributed by atoms with Crippen molar-refractivity contribution in [1.29, 1.82) is 0 Å². The lowest BCUT2D eigenvalue weighted by atomic mass is 10.0. The number of benzene rings is 2.